The lowest BCUT2D eigenvalue weighted by Crippen LogP contribution is -2.51. The Hall–Kier alpha value is -2.67. The van der Waals surface area contributed by atoms with E-state index in [1.807, 2.05) is 30.3 Å². The third-order valence-electron chi connectivity index (χ3n) is 4.69. The number of pyridine rings is 1. The van der Waals surface area contributed by atoms with Crippen LogP contribution in [0.5, 0.6) is 5.75 Å². The Morgan fingerprint density at radius 3 is 3.00 bits per heavy atom. The van der Waals surface area contributed by atoms with E-state index in [-0.39, 0.29) is 0 Å². The normalized spacial score (nSPS) is 20.8. The lowest BCUT2D eigenvalue weighted by atomic mass is 9.92. The van der Waals surface area contributed by atoms with Crippen LogP contribution >= 0.6 is 0 Å². The first kappa shape index (κ1) is 15.8. The smallest absolute Gasteiger partial charge is 0.129 e. The molecule has 3 heterocycles. The summed E-state index contributed by atoms with van der Waals surface area (Å²) in [6.07, 6.45) is 5.06. The van der Waals surface area contributed by atoms with Crippen LogP contribution in [0.1, 0.15) is 12.8 Å². The van der Waals surface area contributed by atoms with E-state index < -0.39 is 5.60 Å². The van der Waals surface area contributed by atoms with Gasteiger partial charge in [-0.25, -0.2) is 9.67 Å². The minimum Gasteiger partial charge on any atom is -0.497 e. The van der Waals surface area contributed by atoms with Crippen molar-refractivity contribution in [2.24, 2.45) is 0 Å². The van der Waals surface area contributed by atoms with Gasteiger partial charge >= 0.3 is 0 Å². The van der Waals surface area contributed by atoms with Gasteiger partial charge in [0, 0.05) is 24.7 Å². The molecular formula is C18H21N5O2. The second kappa shape index (κ2) is 6.33. The molecule has 3 aromatic rings. The van der Waals surface area contributed by atoms with Gasteiger partial charge in [0.15, 0.2) is 0 Å². The third kappa shape index (κ3) is 3.28. The summed E-state index contributed by atoms with van der Waals surface area (Å²) >= 11 is 0. The number of aliphatic hydroxyl groups is 1. The number of ether oxygens (including phenoxy) is 1. The minimum absolute atomic E-state index is 0.439. The highest BCUT2D eigenvalue weighted by molar-refractivity contribution is 5.81. The molecule has 1 aromatic carbocycles. The molecule has 0 aliphatic carbocycles. The molecule has 130 valence electrons. The van der Waals surface area contributed by atoms with Crippen LogP contribution in [0.15, 0.2) is 42.7 Å². The molecule has 0 amide bonds. The molecule has 0 saturated carbocycles. The molecule has 1 saturated heterocycles. The second-order valence-electron chi connectivity index (χ2n) is 6.58. The van der Waals surface area contributed by atoms with Gasteiger partial charge in [0.1, 0.15) is 17.2 Å². The first-order chi connectivity index (χ1) is 12.1. The summed E-state index contributed by atoms with van der Waals surface area (Å²) in [4.78, 5) is 6.90. The zero-order chi connectivity index (χ0) is 17.3. The van der Waals surface area contributed by atoms with Gasteiger partial charge in [-0.15, -0.1) is 5.10 Å². The number of piperidine rings is 1. The number of β-amino-alcohol motifs (C(OH)–C–C–N with tert-alkyl or cyclic N) is 1. The van der Waals surface area contributed by atoms with Gasteiger partial charge in [-0.1, -0.05) is 5.21 Å². The van der Waals surface area contributed by atoms with Crippen molar-refractivity contribution in [1.82, 2.24) is 20.0 Å². The van der Waals surface area contributed by atoms with Crippen molar-refractivity contribution in [3.05, 3.63) is 42.7 Å². The number of methoxy groups -OCH3 is 1. The van der Waals surface area contributed by atoms with Crippen LogP contribution in [0.3, 0.4) is 0 Å². The van der Waals surface area contributed by atoms with Crippen LogP contribution in [-0.2, 0) is 6.54 Å². The fourth-order valence-electron chi connectivity index (χ4n) is 3.45. The maximum absolute atomic E-state index is 11.0. The van der Waals surface area contributed by atoms with Gasteiger partial charge in [-0.3, -0.25) is 0 Å². The van der Waals surface area contributed by atoms with Gasteiger partial charge in [0.2, 0.25) is 0 Å². The zero-order valence-corrected chi connectivity index (χ0v) is 14.2. The molecule has 7 nitrogen and oxygen atoms in total. The average molecular weight is 339 g/mol. The molecule has 7 heteroatoms. The Balaban J connectivity index is 1.57. The molecule has 1 N–H and O–H groups in total. The van der Waals surface area contributed by atoms with Gasteiger partial charge in [-0.2, -0.15) is 0 Å². The summed E-state index contributed by atoms with van der Waals surface area (Å²) in [5.74, 6) is 1.71. The van der Waals surface area contributed by atoms with Gasteiger partial charge < -0.3 is 14.7 Å². The molecule has 0 spiro atoms. The monoisotopic (exact) mass is 339 g/mol. The molecule has 0 radical (unpaired) electrons. The van der Waals surface area contributed by atoms with Crippen LogP contribution in [0, 0.1) is 0 Å². The summed E-state index contributed by atoms with van der Waals surface area (Å²) in [6, 6.07) is 9.90. The van der Waals surface area contributed by atoms with E-state index in [9.17, 15) is 5.11 Å². The molecule has 0 bridgehead atoms. The van der Waals surface area contributed by atoms with E-state index in [2.05, 4.69) is 15.2 Å². The van der Waals surface area contributed by atoms with Crippen molar-refractivity contribution in [3.8, 4) is 5.75 Å². The van der Waals surface area contributed by atoms with Crippen molar-refractivity contribution in [2.75, 3.05) is 25.1 Å². The summed E-state index contributed by atoms with van der Waals surface area (Å²) in [5.41, 5.74) is 0.0892. The predicted octanol–water partition coefficient (Wildman–Crippen LogP) is 1.87. The SMILES string of the molecule is COc1ccc2nc(N3CCCC(O)(Cn4ccnn4)C3)ccc2c1. The fraction of sp³-hybridized carbons (Fsp3) is 0.389. The van der Waals surface area contributed by atoms with E-state index in [4.69, 9.17) is 9.72 Å². The standard InChI is InChI=1S/C18H21N5O2/c1-25-15-4-5-16-14(11-15)3-6-17(20-16)22-9-2-7-18(24,12-22)13-23-10-8-19-21-23/h3-6,8,10-11,24H,2,7,9,12-13H2,1H3. The lowest BCUT2D eigenvalue weighted by Gasteiger charge is -2.39. The van der Waals surface area contributed by atoms with Crippen LogP contribution in [0.2, 0.25) is 0 Å². The van der Waals surface area contributed by atoms with Crippen molar-refractivity contribution < 1.29 is 9.84 Å². The summed E-state index contributed by atoms with van der Waals surface area (Å²) in [6.45, 7) is 1.85. The largest absolute Gasteiger partial charge is 0.497 e. The predicted molar refractivity (Wildman–Crippen MR) is 94.7 cm³/mol. The van der Waals surface area contributed by atoms with E-state index >= 15 is 0 Å². The Morgan fingerprint density at radius 1 is 1.28 bits per heavy atom. The van der Waals surface area contributed by atoms with Gasteiger partial charge in [-0.05, 0) is 43.2 Å². The Kier molecular flexibility index (Phi) is 4.01. The lowest BCUT2D eigenvalue weighted by molar-refractivity contribution is 0.00587. The molecule has 4 rings (SSSR count). The molecule has 1 fully saturated rings. The highest BCUT2D eigenvalue weighted by atomic mass is 16.5. The van der Waals surface area contributed by atoms with Crippen molar-refractivity contribution >= 4 is 16.7 Å². The molecule has 25 heavy (non-hydrogen) atoms. The maximum atomic E-state index is 11.0. The number of hydrogen-bond donors (Lipinski definition) is 1. The third-order valence-corrected chi connectivity index (χ3v) is 4.69. The van der Waals surface area contributed by atoms with Crippen LogP contribution in [0.25, 0.3) is 10.9 Å². The topological polar surface area (TPSA) is 76.3 Å². The molecule has 1 aliphatic rings. The summed E-state index contributed by atoms with van der Waals surface area (Å²) < 4.78 is 6.95. The second-order valence-corrected chi connectivity index (χ2v) is 6.58. The minimum atomic E-state index is -0.831. The molecular weight excluding hydrogens is 318 g/mol. The molecule has 2 aromatic heterocycles. The number of benzene rings is 1. The van der Waals surface area contributed by atoms with Crippen molar-refractivity contribution in [2.45, 2.75) is 25.0 Å². The molecule has 1 atom stereocenters. The number of rotatable bonds is 4. The number of anilines is 1. The Labute approximate surface area is 145 Å². The average Bonchev–Trinajstić information content (AvgIpc) is 3.13. The quantitative estimate of drug-likeness (QED) is 0.782. The van der Waals surface area contributed by atoms with Crippen LogP contribution in [0.4, 0.5) is 5.82 Å². The van der Waals surface area contributed by atoms with E-state index in [0.717, 1.165) is 41.9 Å². The van der Waals surface area contributed by atoms with E-state index in [1.54, 1.807) is 24.2 Å². The first-order valence-corrected chi connectivity index (χ1v) is 8.41. The summed E-state index contributed by atoms with van der Waals surface area (Å²) in [5, 5.41) is 19.8. The van der Waals surface area contributed by atoms with Crippen molar-refractivity contribution in [1.29, 1.82) is 0 Å². The highest BCUT2D eigenvalue weighted by Crippen LogP contribution is 2.28. The van der Waals surface area contributed by atoms with E-state index in [1.165, 1.54) is 0 Å². The highest BCUT2D eigenvalue weighted by Gasteiger charge is 2.34. The number of fused-ring (bicyclic) bond motifs is 1. The fourth-order valence-corrected chi connectivity index (χ4v) is 3.45. The van der Waals surface area contributed by atoms with Crippen LogP contribution in [-0.4, -0.2) is 50.9 Å². The molecule has 1 unspecified atom stereocenters. The zero-order valence-electron chi connectivity index (χ0n) is 14.2. The first-order valence-electron chi connectivity index (χ1n) is 8.41. The molecule has 1 aliphatic heterocycles. The number of aromatic nitrogens is 4. The maximum Gasteiger partial charge on any atom is 0.129 e. The van der Waals surface area contributed by atoms with Crippen molar-refractivity contribution in [3.63, 3.8) is 0 Å². The van der Waals surface area contributed by atoms with E-state index in [0.29, 0.717) is 13.1 Å². The number of hydrogen-bond acceptors (Lipinski definition) is 6. The number of nitrogens with zero attached hydrogens (tertiary/aromatic N) is 5. The Morgan fingerprint density at radius 2 is 2.20 bits per heavy atom. The summed E-state index contributed by atoms with van der Waals surface area (Å²) in [7, 11) is 1.66. The van der Waals surface area contributed by atoms with Gasteiger partial charge in [0.05, 0.1) is 25.4 Å². The Bertz CT molecular complexity index is 867. The van der Waals surface area contributed by atoms with Gasteiger partial charge in [0.25, 0.3) is 0 Å². The van der Waals surface area contributed by atoms with Crippen LogP contribution < -0.4 is 9.64 Å².